The first-order valence-corrected chi connectivity index (χ1v) is 7.04. The molecule has 0 unspecified atom stereocenters. The van der Waals surface area contributed by atoms with Crippen molar-refractivity contribution in [3.05, 3.63) is 17.5 Å². The molecule has 0 radical (unpaired) electrons. The van der Waals surface area contributed by atoms with E-state index in [-0.39, 0.29) is 5.91 Å². The number of nitrogens with zero attached hydrogens (tertiary/aromatic N) is 3. The van der Waals surface area contributed by atoms with E-state index in [4.69, 9.17) is 11.6 Å². The third kappa shape index (κ3) is 2.53. The molecule has 0 N–H and O–H groups in total. The molecule has 1 aromatic rings. The van der Waals surface area contributed by atoms with Crippen LogP contribution in [0.25, 0.3) is 0 Å². The highest BCUT2D eigenvalue weighted by atomic mass is 35.5. The quantitative estimate of drug-likeness (QED) is 0.770. The first kappa shape index (κ1) is 13.4. The molecule has 1 saturated carbocycles. The number of amides is 1. The molecular formula is C13H20ClN3O. The molecule has 100 valence electrons. The third-order valence-corrected chi connectivity index (χ3v) is 4.04. The molecule has 0 atom stereocenters. The highest BCUT2D eigenvalue weighted by Crippen LogP contribution is 2.27. The first-order chi connectivity index (χ1) is 8.65. The van der Waals surface area contributed by atoms with Crippen molar-refractivity contribution in [1.82, 2.24) is 14.7 Å². The summed E-state index contributed by atoms with van der Waals surface area (Å²) >= 11 is 5.74. The van der Waals surface area contributed by atoms with Crippen LogP contribution in [0.1, 0.15) is 41.7 Å². The first-order valence-electron chi connectivity index (χ1n) is 6.50. The van der Waals surface area contributed by atoms with E-state index in [9.17, 15) is 4.79 Å². The van der Waals surface area contributed by atoms with E-state index in [2.05, 4.69) is 5.10 Å². The van der Waals surface area contributed by atoms with Crippen LogP contribution < -0.4 is 0 Å². The Morgan fingerprint density at radius 1 is 1.61 bits per heavy atom. The number of hydrogen-bond donors (Lipinski definition) is 0. The Balaban J connectivity index is 2.14. The van der Waals surface area contributed by atoms with E-state index >= 15 is 0 Å². The zero-order valence-corrected chi connectivity index (χ0v) is 11.8. The molecule has 1 aliphatic carbocycles. The number of hydrogen-bond acceptors (Lipinski definition) is 2. The lowest BCUT2D eigenvalue weighted by Crippen LogP contribution is -2.45. The molecular weight excluding hydrogens is 250 g/mol. The fourth-order valence-electron chi connectivity index (χ4n) is 2.24. The van der Waals surface area contributed by atoms with Gasteiger partial charge in [-0.15, -0.1) is 11.6 Å². The molecule has 0 aromatic carbocycles. The smallest absolute Gasteiger partial charge is 0.257 e. The Bertz CT molecular complexity index is 426. The summed E-state index contributed by atoms with van der Waals surface area (Å²) in [6, 6.07) is 0.403. The predicted octanol–water partition coefficient (Wildman–Crippen LogP) is 2.35. The number of carbonyl (C=O) groups is 1. The van der Waals surface area contributed by atoms with Crippen LogP contribution in [0.5, 0.6) is 0 Å². The number of alkyl halides is 1. The van der Waals surface area contributed by atoms with Gasteiger partial charge in [0.25, 0.3) is 5.91 Å². The molecule has 1 amide bonds. The molecule has 0 spiro atoms. The normalized spacial score (nSPS) is 15.5. The fourth-order valence-corrected chi connectivity index (χ4v) is 2.36. The van der Waals surface area contributed by atoms with Crippen molar-refractivity contribution < 1.29 is 4.79 Å². The molecule has 4 nitrogen and oxygen atoms in total. The molecule has 1 aliphatic rings. The minimum atomic E-state index is 0.107. The SMILES string of the molecule is Cc1c(C(=O)N(CCCCl)C2CCC2)cnn1C. The second kappa shape index (κ2) is 5.74. The lowest BCUT2D eigenvalue weighted by molar-refractivity contribution is 0.0580. The van der Waals surface area contributed by atoms with Crippen LogP contribution in [-0.2, 0) is 7.05 Å². The average molecular weight is 270 g/mol. The summed E-state index contributed by atoms with van der Waals surface area (Å²) in [5.74, 6) is 0.707. The van der Waals surface area contributed by atoms with Gasteiger partial charge in [-0.3, -0.25) is 9.48 Å². The van der Waals surface area contributed by atoms with Gasteiger partial charge in [-0.25, -0.2) is 0 Å². The van der Waals surface area contributed by atoms with E-state index in [1.54, 1.807) is 10.9 Å². The summed E-state index contributed by atoms with van der Waals surface area (Å²) in [5, 5.41) is 4.15. The summed E-state index contributed by atoms with van der Waals surface area (Å²) in [6.45, 7) is 2.68. The van der Waals surface area contributed by atoms with Gasteiger partial charge in [-0.1, -0.05) is 0 Å². The van der Waals surface area contributed by atoms with E-state index < -0.39 is 0 Å². The monoisotopic (exact) mass is 269 g/mol. The molecule has 1 heterocycles. The van der Waals surface area contributed by atoms with Gasteiger partial charge in [0.15, 0.2) is 0 Å². The molecule has 1 aromatic heterocycles. The molecule has 5 heteroatoms. The number of aromatic nitrogens is 2. The van der Waals surface area contributed by atoms with Crippen molar-refractivity contribution in [2.45, 2.75) is 38.6 Å². The summed E-state index contributed by atoms with van der Waals surface area (Å²) in [5.41, 5.74) is 1.65. The lowest BCUT2D eigenvalue weighted by atomic mass is 9.91. The highest BCUT2D eigenvalue weighted by Gasteiger charge is 2.30. The van der Waals surface area contributed by atoms with Gasteiger partial charge in [0.1, 0.15) is 0 Å². The topological polar surface area (TPSA) is 38.1 Å². The van der Waals surface area contributed by atoms with E-state index in [1.807, 2.05) is 18.9 Å². The Morgan fingerprint density at radius 2 is 2.33 bits per heavy atom. The van der Waals surface area contributed by atoms with Gasteiger partial charge in [0.05, 0.1) is 11.8 Å². The Labute approximate surface area is 113 Å². The Morgan fingerprint density at radius 3 is 2.78 bits per heavy atom. The van der Waals surface area contributed by atoms with Crippen LogP contribution in [-0.4, -0.2) is 39.1 Å². The van der Waals surface area contributed by atoms with Crippen LogP contribution in [0.2, 0.25) is 0 Å². The van der Waals surface area contributed by atoms with Crippen LogP contribution >= 0.6 is 11.6 Å². The molecule has 0 aliphatic heterocycles. The minimum absolute atomic E-state index is 0.107. The molecule has 0 saturated heterocycles. The summed E-state index contributed by atoms with van der Waals surface area (Å²) in [4.78, 5) is 14.5. The van der Waals surface area contributed by atoms with E-state index in [0.717, 1.165) is 37.1 Å². The van der Waals surface area contributed by atoms with Crippen LogP contribution in [0.4, 0.5) is 0 Å². The van der Waals surface area contributed by atoms with Crippen molar-refractivity contribution in [3.8, 4) is 0 Å². The molecule has 0 bridgehead atoms. The van der Waals surface area contributed by atoms with Crippen molar-refractivity contribution >= 4 is 17.5 Å². The van der Waals surface area contributed by atoms with Crippen molar-refractivity contribution in [2.24, 2.45) is 7.05 Å². The zero-order chi connectivity index (χ0) is 13.1. The second-order valence-electron chi connectivity index (χ2n) is 4.89. The maximum atomic E-state index is 12.5. The number of halogens is 1. The standard InChI is InChI=1S/C13H20ClN3O/c1-10-12(9-15-16(10)2)13(18)17(8-4-7-14)11-5-3-6-11/h9,11H,3-8H2,1-2H3. The van der Waals surface area contributed by atoms with Crippen LogP contribution in [0, 0.1) is 6.92 Å². The van der Waals surface area contributed by atoms with Gasteiger partial charge in [0, 0.05) is 31.2 Å². The van der Waals surface area contributed by atoms with Gasteiger partial charge in [0.2, 0.25) is 0 Å². The predicted molar refractivity (Wildman–Crippen MR) is 72.0 cm³/mol. The largest absolute Gasteiger partial charge is 0.336 e. The third-order valence-electron chi connectivity index (χ3n) is 3.77. The van der Waals surface area contributed by atoms with Gasteiger partial charge in [-0.2, -0.15) is 5.10 Å². The zero-order valence-electron chi connectivity index (χ0n) is 11.0. The van der Waals surface area contributed by atoms with Crippen LogP contribution in [0.15, 0.2) is 6.20 Å². The average Bonchev–Trinajstić information content (AvgIpc) is 2.62. The maximum Gasteiger partial charge on any atom is 0.257 e. The minimum Gasteiger partial charge on any atom is -0.336 e. The molecule has 1 fully saturated rings. The fraction of sp³-hybridized carbons (Fsp3) is 0.692. The molecule has 18 heavy (non-hydrogen) atoms. The Kier molecular flexibility index (Phi) is 4.27. The summed E-state index contributed by atoms with van der Waals surface area (Å²) in [7, 11) is 1.86. The van der Waals surface area contributed by atoms with Crippen molar-refractivity contribution in [2.75, 3.05) is 12.4 Å². The van der Waals surface area contributed by atoms with E-state index in [1.165, 1.54) is 6.42 Å². The Hall–Kier alpha value is -1.03. The maximum absolute atomic E-state index is 12.5. The summed E-state index contributed by atoms with van der Waals surface area (Å²) < 4.78 is 1.74. The van der Waals surface area contributed by atoms with E-state index in [0.29, 0.717) is 11.9 Å². The highest BCUT2D eigenvalue weighted by molar-refractivity contribution is 6.17. The second-order valence-corrected chi connectivity index (χ2v) is 5.27. The number of rotatable bonds is 5. The number of aryl methyl sites for hydroxylation is 1. The van der Waals surface area contributed by atoms with Crippen molar-refractivity contribution in [3.63, 3.8) is 0 Å². The van der Waals surface area contributed by atoms with Crippen LogP contribution in [0.3, 0.4) is 0 Å². The van der Waals surface area contributed by atoms with Gasteiger partial charge < -0.3 is 4.90 Å². The van der Waals surface area contributed by atoms with Gasteiger partial charge in [-0.05, 0) is 32.6 Å². The number of carbonyl (C=O) groups excluding carboxylic acids is 1. The lowest BCUT2D eigenvalue weighted by Gasteiger charge is -2.37. The molecule has 2 rings (SSSR count). The summed E-state index contributed by atoms with van der Waals surface area (Å²) in [6.07, 6.45) is 5.98. The van der Waals surface area contributed by atoms with Crippen molar-refractivity contribution in [1.29, 1.82) is 0 Å². The van der Waals surface area contributed by atoms with Gasteiger partial charge >= 0.3 is 0 Å².